The van der Waals surface area contributed by atoms with E-state index in [1.54, 1.807) is 5.38 Å². The Bertz CT molecular complexity index is 907. The van der Waals surface area contributed by atoms with E-state index in [4.69, 9.17) is 15.2 Å². The number of nitrogens with two attached hydrogens (primary N) is 1. The number of esters is 1. The van der Waals surface area contributed by atoms with Crippen molar-refractivity contribution < 1.29 is 28.7 Å². The lowest BCUT2D eigenvalue weighted by Gasteiger charge is -2.18. The first kappa shape index (κ1) is 17.4. The highest BCUT2D eigenvalue weighted by Gasteiger charge is 2.19. The second-order valence-corrected chi connectivity index (χ2v) is 6.12. The maximum atomic E-state index is 12.1. The van der Waals surface area contributed by atoms with E-state index in [1.807, 2.05) is 0 Å². The fourth-order valence-electron chi connectivity index (χ4n) is 2.18. The van der Waals surface area contributed by atoms with Crippen molar-refractivity contribution in [2.75, 3.05) is 23.8 Å². The molecule has 1 aliphatic heterocycles. The van der Waals surface area contributed by atoms with Crippen LogP contribution in [0.1, 0.15) is 20.7 Å². The quantitative estimate of drug-likeness (QED) is 0.666. The summed E-state index contributed by atoms with van der Waals surface area (Å²) in [7, 11) is 0. The van der Waals surface area contributed by atoms with Gasteiger partial charge in [0.1, 0.15) is 10.8 Å². The Balaban J connectivity index is 1.58. The van der Waals surface area contributed by atoms with Gasteiger partial charge in [-0.3, -0.25) is 14.4 Å². The van der Waals surface area contributed by atoms with Crippen molar-refractivity contribution in [2.24, 2.45) is 5.73 Å². The molecular formula is C16H13N3O6S. The molecule has 4 N–H and O–H groups in total. The van der Waals surface area contributed by atoms with E-state index in [-0.39, 0.29) is 28.6 Å². The third-order valence-corrected chi connectivity index (χ3v) is 4.20. The molecule has 0 fully saturated rings. The molecule has 3 rings (SSSR count). The van der Waals surface area contributed by atoms with Crippen LogP contribution in [0, 0.1) is 0 Å². The Morgan fingerprint density at radius 2 is 2.12 bits per heavy atom. The Morgan fingerprint density at radius 1 is 1.31 bits per heavy atom. The third-order valence-electron chi connectivity index (χ3n) is 3.37. The molecule has 0 spiro atoms. The van der Waals surface area contributed by atoms with Crippen LogP contribution in [0.2, 0.25) is 0 Å². The van der Waals surface area contributed by atoms with Crippen molar-refractivity contribution in [3.8, 4) is 5.75 Å². The fourth-order valence-corrected chi connectivity index (χ4v) is 2.99. The first-order valence-electron chi connectivity index (χ1n) is 7.35. The van der Waals surface area contributed by atoms with Crippen LogP contribution < -0.4 is 21.1 Å². The van der Waals surface area contributed by atoms with Crippen molar-refractivity contribution in [2.45, 2.75) is 0 Å². The number of hydrogen-bond donors (Lipinski definition) is 3. The minimum absolute atomic E-state index is 0.142. The van der Waals surface area contributed by atoms with Gasteiger partial charge in [0.15, 0.2) is 13.2 Å². The highest BCUT2D eigenvalue weighted by Crippen LogP contribution is 2.28. The molecule has 2 aromatic rings. The first-order valence-corrected chi connectivity index (χ1v) is 8.23. The van der Waals surface area contributed by atoms with Crippen LogP contribution in [0.25, 0.3) is 0 Å². The molecule has 0 radical (unpaired) electrons. The van der Waals surface area contributed by atoms with E-state index in [2.05, 4.69) is 10.6 Å². The van der Waals surface area contributed by atoms with E-state index in [0.717, 1.165) is 11.3 Å². The number of nitrogens with one attached hydrogen (secondary N) is 2. The predicted molar refractivity (Wildman–Crippen MR) is 92.3 cm³/mol. The number of carbonyl (C=O) groups is 4. The van der Waals surface area contributed by atoms with E-state index in [1.165, 1.54) is 24.3 Å². The van der Waals surface area contributed by atoms with Crippen molar-refractivity contribution in [1.82, 2.24) is 0 Å². The number of benzene rings is 1. The van der Waals surface area contributed by atoms with Gasteiger partial charge in [-0.15, -0.1) is 11.3 Å². The van der Waals surface area contributed by atoms with Crippen LogP contribution in [0.4, 0.5) is 10.7 Å². The summed E-state index contributed by atoms with van der Waals surface area (Å²) in [5, 5.41) is 6.95. The normalized spacial score (nSPS) is 12.4. The number of hydrogen-bond acceptors (Lipinski definition) is 7. The van der Waals surface area contributed by atoms with Gasteiger partial charge in [0.05, 0.1) is 16.8 Å². The number of thiophene rings is 1. The Labute approximate surface area is 151 Å². The maximum absolute atomic E-state index is 12.1. The van der Waals surface area contributed by atoms with Crippen LogP contribution in [0.5, 0.6) is 5.75 Å². The summed E-state index contributed by atoms with van der Waals surface area (Å²) < 4.78 is 10.2. The van der Waals surface area contributed by atoms with Crippen molar-refractivity contribution in [3.05, 3.63) is 40.8 Å². The highest BCUT2D eigenvalue weighted by molar-refractivity contribution is 7.14. The monoisotopic (exact) mass is 375 g/mol. The molecule has 0 unspecified atom stereocenters. The molecule has 26 heavy (non-hydrogen) atoms. The second-order valence-electron chi connectivity index (χ2n) is 5.20. The smallest absolute Gasteiger partial charge is 0.338 e. The summed E-state index contributed by atoms with van der Waals surface area (Å²) >= 11 is 1.13. The Hall–Kier alpha value is -3.40. The maximum Gasteiger partial charge on any atom is 0.338 e. The number of rotatable bonds is 5. The summed E-state index contributed by atoms with van der Waals surface area (Å²) in [5.41, 5.74) is 5.99. The summed E-state index contributed by atoms with van der Waals surface area (Å²) in [6.07, 6.45) is 0. The molecule has 3 amide bonds. The standard InChI is InChI=1S/C16H13N3O6S/c17-14(22)9-3-4-26-15(9)19-13(21)7-25-16(23)8-1-2-10-11(5-8)24-6-12(20)18-10/h1-5H,6-7H2,(H2,17,22)(H,18,20)(H,19,21). The van der Waals surface area contributed by atoms with Gasteiger partial charge in [-0.25, -0.2) is 4.79 Å². The zero-order valence-corrected chi connectivity index (χ0v) is 14.1. The van der Waals surface area contributed by atoms with Crippen molar-refractivity contribution >= 4 is 45.7 Å². The Kier molecular flexibility index (Phi) is 4.85. The predicted octanol–water partition coefficient (Wildman–Crippen LogP) is 0.973. The molecule has 0 atom stereocenters. The molecular weight excluding hydrogens is 362 g/mol. The molecule has 9 nitrogen and oxygen atoms in total. The van der Waals surface area contributed by atoms with Gasteiger partial charge in [0, 0.05) is 0 Å². The highest BCUT2D eigenvalue weighted by atomic mass is 32.1. The number of ether oxygens (including phenoxy) is 2. The fraction of sp³-hybridized carbons (Fsp3) is 0.125. The summed E-state index contributed by atoms with van der Waals surface area (Å²) in [4.78, 5) is 46.4. The summed E-state index contributed by atoms with van der Waals surface area (Å²) in [6.45, 7) is -0.680. The number of fused-ring (bicyclic) bond motifs is 1. The van der Waals surface area contributed by atoms with Crippen LogP contribution in [0.3, 0.4) is 0 Å². The molecule has 1 aliphatic rings. The van der Waals surface area contributed by atoms with E-state index in [9.17, 15) is 19.2 Å². The lowest BCUT2D eigenvalue weighted by atomic mass is 10.1. The zero-order valence-electron chi connectivity index (χ0n) is 13.2. The van der Waals surface area contributed by atoms with E-state index >= 15 is 0 Å². The average molecular weight is 375 g/mol. The summed E-state index contributed by atoms with van der Waals surface area (Å²) in [5.74, 6) is -1.95. The van der Waals surface area contributed by atoms with Gasteiger partial charge in [-0.1, -0.05) is 0 Å². The lowest BCUT2D eigenvalue weighted by Crippen LogP contribution is -2.25. The van der Waals surface area contributed by atoms with Gasteiger partial charge < -0.3 is 25.8 Å². The van der Waals surface area contributed by atoms with Crippen LogP contribution in [-0.2, 0) is 14.3 Å². The zero-order chi connectivity index (χ0) is 18.7. The molecule has 1 aromatic heterocycles. The largest absolute Gasteiger partial charge is 0.482 e. The molecule has 0 bridgehead atoms. The number of amides is 3. The molecule has 10 heteroatoms. The number of primary amides is 1. The van der Waals surface area contributed by atoms with Crippen LogP contribution in [0.15, 0.2) is 29.6 Å². The van der Waals surface area contributed by atoms with Gasteiger partial charge in [0.25, 0.3) is 17.7 Å². The topological polar surface area (TPSA) is 137 Å². The average Bonchev–Trinajstić information content (AvgIpc) is 3.07. The van der Waals surface area contributed by atoms with Gasteiger partial charge in [-0.2, -0.15) is 0 Å². The van der Waals surface area contributed by atoms with Crippen molar-refractivity contribution in [1.29, 1.82) is 0 Å². The number of anilines is 2. The van der Waals surface area contributed by atoms with Crippen molar-refractivity contribution in [3.63, 3.8) is 0 Å². The van der Waals surface area contributed by atoms with E-state index < -0.39 is 24.4 Å². The SMILES string of the molecule is NC(=O)c1ccsc1NC(=O)COC(=O)c1ccc2c(c1)OCC(=O)N2. The molecule has 1 aromatic carbocycles. The third kappa shape index (κ3) is 3.81. The lowest BCUT2D eigenvalue weighted by molar-refractivity contribution is -0.119. The van der Waals surface area contributed by atoms with Gasteiger partial charge in [0.2, 0.25) is 0 Å². The number of carbonyl (C=O) groups excluding carboxylic acids is 4. The van der Waals surface area contributed by atoms with Crippen LogP contribution in [-0.4, -0.2) is 36.9 Å². The Morgan fingerprint density at radius 3 is 2.88 bits per heavy atom. The summed E-state index contributed by atoms with van der Waals surface area (Å²) in [6, 6.07) is 5.85. The first-order chi connectivity index (χ1) is 12.4. The molecule has 2 heterocycles. The minimum Gasteiger partial charge on any atom is -0.482 e. The molecule has 0 saturated heterocycles. The van der Waals surface area contributed by atoms with Gasteiger partial charge >= 0.3 is 5.97 Å². The second kappa shape index (κ2) is 7.23. The molecule has 0 saturated carbocycles. The van der Waals surface area contributed by atoms with E-state index in [0.29, 0.717) is 11.4 Å². The van der Waals surface area contributed by atoms with Crippen LogP contribution >= 0.6 is 11.3 Å². The van der Waals surface area contributed by atoms with Gasteiger partial charge in [-0.05, 0) is 29.6 Å². The molecule has 134 valence electrons. The molecule has 0 aliphatic carbocycles. The minimum atomic E-state index is -0.732.